The lowest BCUT2D eigenvalue weighted by molar-refractivity contribution is -0.108. The van der Waals surface area contributed by atoms with E-state index in [0.29, 0.717) is 17.3 Å². The maximum Gasteiger partial charge on any atom is 0.326 e. The maximum atomic E-state index is 11.3. The predicted molar refractivity (Wildman–Crippen MR) is 50.3 cm³/mol. The lowest BCUT2D eigenvalue weighted by Gasteiger charge is -1.96. The Kier molecular flexibility index (Phi) is 1.85. The first-order chi connectivity index (χ1) is 6.72. The highest BCUT2D eigenvalue weighted by atomic mass is 16.3. The summed E-state index contributed by atoms with van der Waals surface area (Å²) in [4.78, 5) is 24.2. The third kappa shape index (κ3) is 1.19. The van der Waals surface area contributed by atoms with E-state index in [1.807, 2.05) is 0 Å². The molecule has 5 nitrogen and oxygen atoms in total. The SMILES string of the molecule is O=CCn1c(=O)[nH]c2cc(O)ccc21. The number of nitrogens with one attached hydrogen (secondary N) is 1. The second-order valence-electron chi connectivity index (χ2n) is 2.91. The summed E-state index contributed by atoms with van der Waals surface area (Å²) in [6.07, 6.45) is 0.654. The number of aldehydes is 1. The van der Waals surface area contributed by atoms with Crippen molar-refractivity contribution in [2.45, 2.75) is 6.54 Å². The van der Waals surface area contributed by atoms with E-state index < -0.39 is 0 Å². The van der Waals surface area contributed by atoms with Crippen LogP contribution in [-0.4, -0.2) is 20.9 Å². The van der Waals surface area contributed by atoms with Crippen LogP contribution < -0.4 is 5.69 Å². The molecule has 0 radical (unpaired) electrons. The molecular weight excluding hydrogens is 184 g/mol. The fourth-order valence-electron chi connectivity index (χ4n) is 1.41. The van der Waals surface area contributed by atoms with Crippen LogP contribution in [0.2, 0.25) is 0 Å². The first kappa shape index (κ1) is 8.55. The summed E-state index contributed by atoms with van der Waals surface area (Å²) < 4.78 is 1.31. The van der Waals surface area contributed by atoms with Gasteiger partial charge in [0.15, 0.2) is 0 Å². The van der Waals surface area contributed by atoms with Gasteiger partial charge in [-0.2, -0.15) is 0 Å². The minimum atomic E-state index is -0.349. The largest absolute Gasteiger partial charge is 0.508 e. The Morgan fingerprint density at radius 1 is 1.50 bits per heavy atom. The molecule has 2 N–H and O–H groups in total. The predicted octanol–water partition coefficient (Wildman–Crippen LogP) is 0.234. The fourth-order valence-corrected chi connectivity index (χ4v) is 1.41. The third-order valence-electron chi connectivity index (χ3n) is 2.01. The van der Waals surface area contributed by atoms with E-state index in [4.69, 9.17) is 5.11 Å². The summed E-state index contributed by atoms with van der Waals surface area (Å²) in [6.45, 7) is 0.0175. The van der Waals surface area contributed by atoms with Gasteiger partial charge in [0.1, 0.15) is 12.0 Å². The van der Waals surface area contributed by atoms with Gasteiger partial charge < -0.3 is 14.9 Å². The number of hydrogen-bond acceptors (Lipinski definition) is 3. The van der Waals surface area contributed by atoms with E-state index in [9.17, 15) is 9.59 Å². The summed E-state index contributed by atoms with van der Waals surface area (Å²) >= 11 is 0. The molecule has 0 unspecified atom stereocenters. The topological polar surface area (TPSA) is 75.1 Å². The van der Waals surface area contributed by atoms with E-state index in [0.717, 1.165) is 0 Å². The Morgan fingerprint density at radius 2 is 2.29 bits per heavy atom. The average molecular weight is 192 g/mol. The van der Waals surface area contributed by atoms with Gasteiger partial charge in [-0.15, -0.1) is 0 Å². The van der Waals surface area contributed by atoms with Crippen LogP contribution in [0.15, 0.2) is 23.0 Å². The molecule has 1 aromatic heterocycles. The van der Waals surface area contributed by atoms with Crippen molar-refractivity contribution in [2.75, 3.05) is 0 Å². The molecule has 0 spiro atoms. The molecule has 0 amide bonds. The number of carbonyl (C=O) groups is 1. The van der Waals surface area contributed by atoms with E-state index in [2.05, 4.69) is 4.98 Å². The fraction of sp³-hybridized carbons (Fsp3) is 0.111. The summed E-state index contributed by atoms with van der Waals surface area (Å²) in [5.41, 5.74) is 0.787. The van der Waals surface area contributed by atoms with Crippen LogP contribution in [0.25, 0.3) is 11.0 Å². The molecule has 72 valence electrons. The molecule has 5 heteroatoms. The van der Waals surface area contributed by atoms with Crippen LogP contribution in [0.1, 0.15) is 0 Å². The molecule has 1 heterocycles. The molecule has 2 aromatic rings. The number of aromatic hydroxyl groups is 1. The van der Waals surface area contributed by atoms with Crippen molar-refractivity contribution in [1.29, 1.82) is 0 Å². The second-order valence-corrected chi connectivity index (χ2v) is 2.91. The van der Waals surface area contributed by atoms with Gasteiger partial charge in [0.05, 0.1) is 17.6 Å². The molecule has 0 aliphatic carbocycles. The number of phenolic OH excluding ortho intramolecular Hbond substituents is 1. The number of aromatic nitrogens is 2. The summed E-state index contributed by atoms with van der Waals surface area (Å²) in [5.74, 6) is 0.0806. The average Bonchev–Trinajstić information content (AvgIpc) is 2.43. The molecule has 0 fully saturated rings. The molecule has 14 heavy (non-hydrogen) atoms. The number of hydrogen-bond donors (Lipinski definition) is 2. The highest BCUT2D eigenvalue weighted by Crippen LogP contribution is 2.16. The number of H-pyrrole nitrogens is 1. The normalized spacial score (nSPS) is 10.6. The molecular formula is C9H8N2O3. The van der Waals surface area contributed by atoms with Crippen LogP contribution in [-0.2, 0) is 11.3 Å². The quantitative estimate of drug-likeness (QED) is 0.669. The van der Waals surface area contributed by atoms with Gasteiger partial charge in [-0.3, -0.25) is 4.57 Å². The highest BCUT2D eigenvalue weighted by Gasteiger charge is 2.05. The van der Waals surface area contributed by atoms with E-state index in [1.54, 1.807) is 6.07 Å². The molecule has 1 aromatic carbocycles. The molecule has 0 saturated heterocycles. The Bertz CT molecular complexity index is 538. The zero-order valence-electron chi connectivity index (χ0n) is 7.23. The zero-order valence-corrected chi connectivity index (χ0v) is 7.23. The summed E-state index contributed by atoms with van der Waals surface area (Å²) in [5, 5.41) is 9.16. The van der Waals surface area contributed by atoms with E-state index in [-0.39, 0.29) is 18.0 Å². The van der Waals surface area contributed by atoms with Crippen molar-refractivity contribution in [3.63, 3.8) is 0 Å². The standard InChI is InChI=1S/C9H8N2O3/c12-4-3-11-8-2-1-6(13)5-7(8)10-9(11)14/h1-2,4-5,13H,3H2,(H,10,14). The molecule has 0 aliphatic heterocycles. The second kappa shape index (κ2) is 3.02. The Labute approximate surface area is 78.6 Å². The van der Waals surface area contributed by atoms with Crippen molar-refractivity contribution in [3.05, 3.63) is 28.7 Å². The van der Waals surface area contributed by atoms with Gasteiger partial charge in [0.25, 0.3) is 0 Å². The minimum Gasteiger partial charge on any atom is -0.508 e. The van der Waals surface area contributed by atoms with Gasteiger partial charge >= 0.3 is 5.69 Å². The maximum absolute atomic E-state index is 11.3. The van der Waals surface area contributed by atoms with Crippen LogP contribution in [0.5, 0.6) is 5.75 Å². The highest BCUT2D eigenvalue weighted by molar-refractivity contribution is 5.77. The van der Waals surface area contributed by atoms with Gasteiger partial charge in [0, 0.05) is 6.07 Å². The van der Waals surface area contributed by atoms with Crippen LogP contribution >= 0.6 is 0 Å². The molecule has 2 rings (SSSR count). The van der Waals surface area contributed by atoms with Gasteiger partial charge in [-0.05, 0) is 12.1 Å². The first-order valence-electron chi connectivity index (χ1n) is 4.07. The lowest BCUT2D eigenvalue weighted by Crippen LogP contribution is -2.17. The minimum absolute atomic E-state index is 0.0175. The number of benzene rings is 1. The number of carbonyl (C=O) groups excluding carboxylic acids is 1. The lowest BCUT2D eigenvalue weighted by atomic mass is 10.3. The molecule has 0 saturated carbocycles. The molecule has 0 bridgehead atoms. The van der Waals surface area contributed by atoms with E-state index >= 15 is 0 Å². The van der Waals surface area contributed by atoms with Crippen molar-refractivity contribution in [2.24, 2.45) is 0 Å². The first-order valence-corrected chi connectivity index (χ1v) is 4.07. The molecule has 0 aliphatic rings. The van der Waals surface area contributed by atoms with Crippen molar-refractivity contribution < 1.29 is 9.90 Å². The number of nitrogens with zero attached hydrogens (tertiary/aromatic N) is 1. The van der Waals surface area contributed by atoms with Crippen molar-refractivity contribution in [1.82, 2.24) is 9.55 Å². The molecule has 0 atom stereocenters. The number of phenols is 1. The van der Waals surface area contributed by atoms with Crippen LogP contribution in [0, 0.1) is 0 Å². The van der Waals surface area contributed by atoms with Crippen molar-refractivity contribution in [3.8, 4) is 5.75 Å². The number of fused-ring (bicyclic) bond motifs is 1. The van der Waals surface area contributed by atoms with Crippen molar-refractivity contribution >= 4 is 17.3 Å². The Morgan fingerprint density at radius 3 is 3.00 bits per heavy atom. The number of aromatic amines is 1. The van der Waals surface area contributed by atoms with Gasteiger partial charge in [-0.25, -0.2) is 4.79 Å². The Hall–Kier alpha value is -2.04. The smallest absolute Gasteiger partial charge is 0.326 e. The third-order valence-corrected chi connectivity index (χ3v) is 2.01. The number of rotatable bonds is 2. The summed E-state index contributed by atoms with van der Waals surface area (Å²) in [6, 6.07) is 4.50. The van der Waals surface area contributed by atoms with Gasteiger partial charge in [0.2, 0.25) is 0 Å². The monoisotopic (exact) mass is 192 g/mol. The van der Waals surface area contributed by atoms with Gasteiger partial charge in [-0.1, -0.05) is 0 Å². The van der Waals surface area contributed by atoms with E-state index in [1.165, 1.54) is 16.7 Å². The summed E-state index contributed by atoms with van der Waals surface area (Å²) in [7, 11) is 0. The van der Waals surface area contributed by atoms with Crippen LogP contribution in [0.3, 0.4) is 0 Å². The zero-order chi connectivity index (χ0) is 10.1. The number of imidazole rings is 1. The Balaban J connectivity index is 2.76. The van der Waals surface area contributed by atoms with Crippen LogP contribution in [0.4, 0.5) is 0 Å².